The lowest BCUT2D eigenvalue weighted by atomic mass is 9.68. The van der Waals surface area contributed by atoms with Gasteiger partial charge in [-0.25, -0.2) is 4.98 Å². The van der Waals surface area contributed by atoms with Crippen LogP contribution < -0.4 is 0 Å². The highest BCUT2D eigenvalue weighted by Crippen LogP contribution is 2.44. The summed E-state index contributed by atoms with van der Waals surface area (Å²) in [4.78, 5) is 4.41. The highest BCUT2D eigenvalue weighted by molar-refractivity contribution is 9.10. The molecule has 0 amide bonds. The molecule has 1 aliphatic rings. The van der Waals surface area contributed by atoms with Gasteiger partial charge >= 0.3 is 0 Å². The van der Waals surface area contributed by atoms with Gasteiger partial charge in [-0.2, -0.15) is 4.37 Å². The first-order valence-corrected chi connectivity index (χ1v) is 6.17. The van der Waals surface area contributed by atoms with Crippen LogP contribution in [-0.2, 0) is 5.41 Å². The molecule has 13 heavy (non-hydrogen) atoms. The zero-order chi connectivity index (χ0) is 9.47. The highest BCUT2D eigenvalue weighted by Gasteiger charge is 2.37. The molecule has 1 saturated carbocycles. The first-order valence-electron chi connectivity index (χ1n) is 4.60. The molecular weight excluding hydrogens is 248 g/mol. The van der Waals surface area contributed by atoms with Gasteiger partial charge in [-0.3, -0.25) is 0 Å². The van der Waals surface area contributed by atoms with Gasteiger partial charge in [-0.15, -0.1) is 0 Å². The topological polar surface area (TPSA) is 25.8 Å². The van der Waals surface area contributed by atoms with Crippen molar-refractivity contribution in [1.82, 2.24) is 9.36 Å². The fraction of sp³-hybridized carbons (Fsp3) is 0.778. The highest BCUT2D eigenvalue weighted by atomic mass is 79.9. The van der Waals surface area contributed by atoms with E-state index in [4.69, 9.17) is 0 Å². The molecule has 0 atom stereocenters. The van der Waals surface area contributed by atoms with Crippen LogP contribution in [0.2, 0.25) is 0 Å². The van der Waals surface area contributed by atoms with Gasteiger partial charge in [-0.1, -0.05) is 20.3 Å². The van der Waals surface area contributed by atoms with E-state index in [2.05, 4.69) is 39.1 Å². The Kier molecular flexibility index (Phi) is 2.45. The SMILES string of the molecule is CC(C)(c1nc(Br)ns1)C1CCC1. The summed E-state index contributed by atoms with van der Waals surface area (Å²) in [5, 5.41) is 1.17. The Labute approximate surface area is 91.1 Å². The summed E-state index contributed by atoms with van der Waals surface area (Å²) in [7, 11) is 0. The van der Waals surface area contributed by atoms with Crippen molar-refractivity contribution >= 4 is 27.5 Å². The second-order valence-corrected chi connectivity index (χ2v) is 5.68. The maximum Gasteiger partial charge on any atom is 0.209 e. The molecule has 0 bridgehead atoms. The molecule has 0 unspecified atom stereocenters. The minimum Gasteiger partial charge on any atom is -0.213 e. The molecule has 1 aliphatic carbocycles. The Morgan fingerprint density at radius 3 is 2.54 bits per heavy atom. The average molecular weight is 261 g/mol. The molecule has 0 aromatic carbocycles. The second-order valence-electron chi connectivity index (χ2n) is 4.22. The predicted octanol–water partition coefficient (Wildman–Crippen LogP) is 3.38. The molecule has 2 nitrogen and oxygen atoms in total. The van der Waals surface area contributed by atoms with Gasteiger partial charge < -0.3 is 0 Å². The molecule has 1 aromatic rings. The van der Waals surface area contributed by atoms with Crippen molar-refractivity contribution in [1.29, 1.82) is 0 Å². The lowest BCUT2D eigenvalue weighted by molar-refractivity contribution is 0.193. The van der Waals surface area contributed by atoms with Crippen LogP contribution in [0.3, 0.4) is 0 Å². The normalized spacial score (nSPS) is 18.7. The molecule has 1 aromatic heterocycles. The summed E-state index contributed by atoms with van der Waals surface area (Å²) in [6, 6.07) is 0. The smallest absolute Gasteiger partial charge is 0.209 e. The number of hydrogen-bond acceptors (Lipinski definition) is 3. The van der Waals surface area contributed by atoms with E-state index in [1.165, 1.54) is 35.8 Å². The van der Waals surface area contributed by atoms with Gasteiger partial charge in [0.1, 0.15) is 5.01 Å². The third kappa shape index (κ3) is 1.66. The Hall–Kier alpha value is 0.0400. The molecule has 0 spiro atoms. The Bertz CT molecular complexity index is 304. The number of nitrogens with zero attached hydrogens (tertiary/aromatic N) is 2. The summed E-state index contributed by atoms with van der Waals surface area (Å²) in [5.41, 5.74) is 0.224. The first kappa shape index (κ1) is 9.59. The number of aromatic nitrogens is 2. The van der Waals surface area contributed by atoms with E-state index in [1.807, 2.05) is 0 Å². The van der Waals surface area contributed by atoms with Crippen LogP contribution in [0, 0.1) is 5.92 Å². The van der Waals surface area contributed by atoms with Gasteiger partial charge in [0.15, 0.2) is 0 Å². The van der Waals surface area contributed by atoms with E-state index in [0.717, 1.165) is 10.7 Å². The van der Waals surface area contributed by atoms with Crippen LogP contribution in [0.4, 0.5) is 0 Å². The zero-order valence-corrected chi connectivity index (χ0v) is 10.3. The van der Waals surface area contributed by atoms with E-state index in [9.17, 15) is 0 Å². The van der Waals surface area contributed by atoms with Crippen LogP contribution >= 0.6 is 27.5 Å². The number of rotatable bonds is 2. The minimum absolute atomic E-state index is 0.224. The maximum absolute atomic E-state index is 4.41. The fourth-order valence-corrected chi connectivity index (χ4v) is 3.02. The summed E-state index contributed by atoms with van der Waals surface area (Å²) in [5.74, 6) is 0.812. The number of halogens is 1. The molecule has 4 heteroatoms. The van der Waals surface area contributed by atoms with Crippen molar-refractivity contribution in [3.63, 3.8) is 0 Å². The monoisotopic (exact) mass is 260 g/mol. The standard InChI is InChI=1S/C9H13BrN2S/c1-9(2,6-4-3-5-6)7-11-8(10)12-13-7/h6H,3-5H2,1-2H3. The summed E-state index contributed by atoms with van der Waals surface area (Å²) in [6.45, 7) is 4.56. The maximum atomic E-state index is 4.41. The largest absolute Gasteiger partial charge is 0.213 e. The molecule has 1 heterocycles. The molecule has 72 valence electrons. The van der Waals surface area contributed by atoms with Gasteiger partial charge in [0.05, 0.1) is 0 Å². The van der Waals surface area contributed by atoms with Crippen molar-refractivity contribution in [2.45, 2.75) is 38.5 Å². The van der Waals surface area contributed by atoms with Crippen LogP contribution in [0.5, 0.6) is 0 Å². The molecule has 1 fully saturated rings. The summed E-state index contributed by atoms with van der Waals surface area (Å²) < 4.78 is 4.91. The summed E-state index contributed by atoms with van der Waals surface area (Å²) in [6.07, 6.45) is 4.09. The minimum atomic E-state index is 0.224. The zero-order valence-electron chi connectivity index (χ0n) is 7.88. The third-order valence-electron chi connectivity index (χ3n) is 3.08. The quantitative estimate of drug-likeness (QED) is 0.815. The van der Waals surface area contributed by atoms with Crippen molar-refractivity contribution in [2.24, 2.45) is 5.92 Å². The van der Waals surface area contributed by atoms with Crippen molar-refractivity contribution in [3.8, 4) is 0 Å². The van der Waals surface area contributed by atoms with Crippen molar-refractivity contribution in [3.05, 3.63) is 9.74 Å². The Morgan fingerprint density at radius 1 is 1.46 bits per heavy atom. The molecule has 0 aliphatic heterocycles. The predicted molar refractivity (Wildman–Crippen MR) is 58.0 cm³/mol. The van der Waals surface area contributed by atoms with Crippen LogP contribution in [0.1, 0.15) is 38.1 Å². The van der Waals surface area contributed by atoms with Crippen molar-refractivity contribution in [2.75, 3.05) is 0 Å². The van der Waals surface area contributed by atoms with E-state index < -0.39 is 0 Å². The van der Waals surface area contributed by atoms with E-state index in [-0.39, 0.29) is 5.41 Å². The van der Waals surface area contributed by atoms with Gasteiger partial charge in [-0.05, 0) is 46.2 Å². The molecule has 0 radical (unpaired) electrons. The average Bonchev–Trinajstić information content (AvgIpc) is 2.30. The summed E-state index contributed by atoms with van der Waals surface area (Å²) >= 11 is 4.83. The lowest BCUT2D eigenvalue weighted by Gasteiger charge is -2.38. The van der Waals surface area contributed by atoms with Crippen LogP contribution in [-0.4, -0.2) is 9.36 Å². The molecule has 0 N–H and O–H groups in total. The molecular formula is C9H13BrN2S. The Balaban J connectivity index is 2.22. The van der Waals surface area contributed by atoms with Gasteiger partial charge in [0.25, 0.3) is 0 Å². The van der Waals surface area contributed by atoms with E-state index in [1.54, 1.807) is 0 Å². The van der Waals surface area contributed by atoms with E-state index >= 15 is 0 Å². The van der Waals surface area contributed by atoms with Gasteiger partial charge in [0, 0.05) is 5.41 Å². The molecule has 0 saturated heterocycles. The first-order chi connectivity index (χ1) is 6.10. The fourth-order valence-electron chi connectivity index (χ4n) is 1.77. The lowest BCUT2D eigenvalue weighted by Crippen LogP contribution is -2.33. The van der Waals surface area contributed by atoms with Gasteiger partial charge in [0.2, 0.25) is 4.73 Å². The van der Waals surface area contributed by atoms with Crippen LogP contribution in [0.15, 0.2) is 4.73 Å². The number of hydrogen-bond donors (Lipinski definition) is 0. The Morgan fingerprint density at radius 2 is 2.15 bits per heavy atom. The third-order valence-corrected chi connectivity index (χ3v) is 4.72. The van der Waals surface area contributed by atoms with E-state index in [0.29, 0.717) is 0 Å². The second kappa shape index (κ2) is 3.31. The van der Waals surface area contributed by atoms with Crippen LogP contribution in [0.25, 0.3) is 0 Å². The molecule has 2 rings (SSSR count). The van der Waals surface area contributed by atoms with Crippen molar-refractivity contribution < 1.29 is 0 Å².